The van der Waals surface area contributed by atoms with Crippen LogP contribution in [-0.2, 0) is 6.42 Å². The van der Waals surface area contributed by atoms with Crippen molar-refractivity contribution in [3.8, 4) is 0 Å². The molecule has 1 atom stereocenters. The molecule has 25 heavy (non-hydrogen) atoms. The first-order valence-corrected chi connectivity index (χ1v) is 9.71. The minimum absolute atomic E-state index is 0.134. The number of carbonyl (C=O) groups excluding carboxylic acids is 1. The van der Waals surface area contributed by atoms with Gasteiger partial charge >= 0.3 is 0 Å². The van der Waals surface area contributed by atoms with Crippen molar-refractivity contribution in [2.24, 2.45) is 0 Å². The molecule has 0 aliphatic heterocycles. The van der Waals surface area contributed by atoms with Crippen LogP contribution in [-0.4, -0.2) is 31.6 Å². The predicted molar refractivity (Wildman–Crippen MR) is 98.5 cm³/mol. The Morgan fingerprint density at radius 3 is 2.60 bits per heavy atom. The van der Waals surface area contributed by atoms with Gasteiger partial charge in [-0.15, -0.1) is 5.10 Å². The number of hydrogen-bond donors (Lipinski definition) is 0. The highest BCUT2D eigenvalue weighted by atomic mass is 32.2. The maximum Gasteiger partial charge on any atom is 0.253 e. The molecule has 128 valence electrons. The fraction of sp³-hybridized carbons (Fsp3) is 0.368. The van der Waals surface area contributed by atoms with Crippen molar-refractivity contribution in [1.82, 2.24) is 19.6 Å². The minimum Gasteiger partial charge on any atom is -0.294 e. The number of benzene rings is 1. The number of thioether (sulfide) groups is 1. The van der Waals surface area contributed by atoms with Crippen LogP contribution in [0.1, 0.15) is 59.3 Å². The van der Waals surface area contributed by atoms with E-state index in [0.717, 1.165) is 12.1 Å². The monoisotopic (exact) mass is 352 g/mol. The summed E-state index contributed by atoms with van der Waals surface area (Å²) < 4.78 is 1.61. The zero-order valence-electron chi connectivity index (χ0n) is 14.6. The number of Topliss-reactive ketones (excluding diaryl/α,β-unsaturated/α-hetero) is 1. The molecule has 3 aromatic rings. The first-order chi connectivity index (χ1) is 12.0. The van der Waals surface area contributed by atoms with Crippen LogP contribution in [0, 0.1) is 0 Å². The fourth-order valence-electron chi connectivity index (χ4n) is 3.34. The number of hydrogen-bond acceptors (Lipinski definition) is 5. The topological polar surface area (TPSA) is 60.1 Å². The fourth-order valence-corrected chi connectivity index (χ4v) is 3.68. The average molecular weight is 352 g/mol. The largest absolute Gasteiger partial charge is 0.294 e. The first kappa shape index (κ1) is 16.3. The first-order valence-electron chi connectivity index (χ1n) is 8.48. The molecule has 6 heteroatoms. The Morgan fingerprint density at radius 1 is 1.16 bits per heavy atom. The van der Waals surface area contributed by atoms with Gasteiger partial charge in [-0.2, -0.15) is 4.98 Å². The quantitative estimate of drug-likeness (QED) is 0.670. The maximum absolute atomic E-state index is 12.7. The number of aromatic nitrogens is 4. The van der Waals surface area contributed by atoms with E-state index in [0.29, 0.717) is 28.8 Å². The molecule has 5 nitrogen and oxygen atoms in total. The summed E-state index contributed by atoms with van der Waals surface area (Å²) in [5.41, 5.74) is 4.04. The molecule has 0 amide bonds. The van der Waals surface area contributed by atoms with Gasteiger partial charge in [0.1, 0.15) is 0 Å². The van der Waals surface area contributed by atoms with Crippen LogP contribution in [0.25, 0.3) is 5.78 Å². The van der Waals surface area contributed by atoms with E-state index in [9.17, 15) is 4.79 Å². The number of carbonyl (C=O) groups is 1. The normalized spacial score (nSPS) is 17.3. The van der Waals surface area contributed by atoms with E-state index < -0.39 is 0 Å². The molecule has 0 bridgehead atoms. The van der Waals surface area contributed by atoms with Crippen molar-refractivity contribution in [3.05, 3.63) is 52.8 Å². The number of fused-ring (bicyclic) bond motifs is 2. The smallest absolute Gasteiger partial charge is 0.253 e. The Kier molecular flexibility index (Phi) is 4.07. The van der Waals surface area contributed by atoms with Crippen LogP contribution >= 0.6 is 11.8 Å². The van der Waals surface area contributed by atoms with Crippen molar-refractivity contribution >= 4 is 23.3 Å². The van der Waals surface area contributed by atoms with Crippen LogP contribution < -0.4 is 0 Å². The molecule has 0 saturated carbocycles. The number of ketones is 1. The van der Waals surface area contributed by atoms with Gasteiger partial charge in [0.25, 0.3) is 5.78 Å². The molecular weight excluding hydrogens is 332 g/mol. The second-order valence-electron chi connectivity index (χ2n) is 6.79. The van der Waals surface area contributed by atoms with Crippen molar-refractivity contribution < 1.29 is 4.79 Å². The zero-order valence-corrected chi connectivity index (χ0v) is 15.4. The van der Waals surface area contributed by atoms with Crippen LogP contribution in [0.5, 0.6) is 0 Å². The summed E-state index contributed by atoms with van der Waals surface area (Å²) in [5, 5.41) is 5.00. The molecule has 0 unspecified atom stereocenters. The van der Waals surface area contributed by atoms with E-state index in [1.165, 1.54) is 22.9 Å². The lowest BCUT2D eigenvalue weighted by atomic mass is 9.81. The lowest BCUT2D eigenvalue weighted by Crippen LogP contribution is -2.21. The molecule has 2 heterocycles. The number of nitrogens with zero attached hydrogens (tertiary/aromatic N) is 4. The van der Waals surface area contributed by atoms with Crippen molar-refractivity contribution in [2.75, 3.05) is 6.26 Å². The lowest BCUT2D eigenvalue weighted by Gasteiger charge is -2.23. The number of rotatable bonds is 3. The molecule has 1 aromatic carbocycles. The van der Waals surface area contributed by atoms with Gasteiger partial charge in [-0.25, -0.2) is 9.50 Å². The molecule has 2 aromatic heterocycles. The second kappa shape index (κ2) is 6.26. The highest BCUT2D eigenvalue weighted by Gasteiger charge is 2.28. The molecule has 4 rings (SSSR count). The van der Waals surface area contributed by atoms with Crippen LogP contribution in [0.15, 0.2) is 35.6 Å². The summed E-state index contributed by atoms with van der Waals surface area (Å²) in [4.78, 5) is 21.7. The molecule has 1 aliphatic rings. The van der Waals surface area contributed by atoms with Gasteiger partial charge in [0.15, 0.2) is 5.78 Å². The Balaban J connectivity index is 1.68. The average Bonchev–Trinajstić information content (AvgIpc) is 3.02. The third kappa shape index (κ3) is 2.95. The van der Waals surface area contributed by atoms with E-state index in [-0.39, 0.29) is 11.7 Å². The van der Waals surface area contributed by atoms with Crippen molar-refractivity contribution in [3.63, 3.8) is 0 Å². The van der Waals surface area contributed by atoms with Gasteiger partial charge in [-0.05, 0) is 35.6 Å². The van der Waals surface area contributed by atoms with Crippen molar-refractivity contribution in [2.45, 2.75) is 43.7 Å². The van der Waals surface area contributed by atoms with Gasteiger partial charge in [-0.3, -0.25) is 4.79 Å². The Bertz CT molecular complexity index is 946. The Hall–Kier alpha value is -2.21. The van der Waals surface area contributed by atoms with Gasteiger partial charge in [0.05, 0.1) is 11.3 Å². The summed E-state index contributed by atoms with van der Waals surface area (Å²) >= 11 is 1.47. The van der Waals surface area contributed by atoms with Gasteiger partial charge in [0, 0.05) is 12.6 Å². The molecule has 0 saturated heterocycles. The highest BCUT2D eigenvalue weighted by Crippen LogP contribution is 2.32. The van der Waals surface area contributed by atoms with E-state index in [1.54, 1.807) is 10.7 Å². The molecule has 0 radical (unpaired) electrons. The summed E-state index contributed by atoms with van der Waals surface area (Å²) in [6, 6.07) is 8.64. The summed E-state index contributed by atoms with van der Waals surface area (Å²) in [7, 11) is 0. The van der Waals surface area contributed by atoms with Gasteiger partial charge < -0.3 is 0 Å². The second-order valence-corrected chi connectivity index (χ2v) is 7.57. The van der Waals surface area contributed by atoms with E-state index in [1.807, 2.05) is 6.26 Å². The highest BCUT2D eigenvalue weighted by molar-refractivity contribution is 7.98. The van der Waals surface area contributed by atoms with E-state index >= 15 is 0 Å². The Labute approximate surface area is 150 Å². The molecular formula is C19H20N4OS. The van der Waals surface area contributed by atoms with Crippen LogP contribution in [0.2, 0.25) is 0 Å². The third-order valence-electron chi connectivity index (χ3n) is 4.82. The van der Waals surface area contributed by atoms with E-state index in [2.05, 4.69) is 53.2 Å². The molecule has 1 aliphatic carbocycles. The van der Waals surface area contributed by atoms with Crippen LogP contribution in [0.3, 0.4) is 0 Å². The van der Waals surface area contributed by atoms with Crippen LogP contribution in [0.4, 0.5) is 0 Å². The third-order valence-corrected chi connectivity index (χ3v) is 5.36. The molecule has 0 fully saturated rings. The van der Waals surface area contributed by atoms with Crippen molar-refractivity contribution in [1.29, 1.82) is 0 Å². The maximum atomic E-state index is 12.7. The lowest BCUT2D eigenvalue weighted by molar-refractivity contribution is 0.0962. The summed E-state index contributed by atoms with van der Waals surface area (Å²) in [5.74, 6) is 1.39. The summed E-state index contributed by atoms with van der Waals surface area (Å²) in [6.07, 6.45) is 4.99. The minimum atomic E-state index is 0.134. The van der Waals surface area contributed by atoms with Gasteiger partial charge in [0.2, 0.25) is 5.16 Å². The molecule has 0 N–H and O–H groups in total. The SMILES string of the molecule is CSc1nc2nc3c(cn2n1)C(=O)C[C@H](c1ccc(C(C)C)cc1)C3. The zero-order chi connectivity index (χ0) is 17.6. The molecule has 0 spiro atoms. The predicted octanol–water partition coefficient (Wildman–Crippen LogP) is 3.88. The standard InChI is InChI=1S/C19H20N4OS/c1-11(2)12-4-6-13(7-5-12)14-8-16-15(17(24)9-14)10-23-18(20-16)21-19(22-23)25-3/h4-7,10-11,14H,8-9H2,1-3H3/t14-/m1/s1. The van der Waals surface area contributed by atoms with Gasteiger partial charge in [-0.1, -0.05) is 49.9 Å². The summed E-state index contributed by atoms with van der Waals surface area (Å²) in [6.45, 7) is 4.37. The Morgan fingerprint density at radius 2 is 1.92 bits per heavy atom. The van der Waals surface area contributed by atoms with E-state index in [4.69, 9.17) is 0 Å².